The van der Waals surface area contributed by atoms with Crippen LogP contribution in [0.1, 0.15) is 22.1 Å². The highest BCUT2D eigenvalue weighted by Crippen LogP contribution is 2.45. The topological polar surface area (TPSA) is 65.4 Å². The fourth-order valence-corrected chi connectivity index (χ4v) is 4.70. The standard InChI is InChI=1S/C23H23N3O3S/c1-4-12-29-18-11-10-16(13-19(18)28-3)22-21-15(2)25-26(17-8-6-5-7-9-17)23(21)24-20(27)14-30-22/h4-11,13,22H,1,12,14H2,2-3H3,(H,24,27)/t22-/m0/s1. The Labute approximate surface area is 179 Å². The molecule has 1 amide bonds. The summed E-state index contributed by atoms with van der Waals surface area (Å²) in [6.07, 6.45) is 1.69. The minimum atomic E-state index is -0.0706. The molecule has 4 rings (SSSR count). The molecule has 0 saturated heterocycles. The van der Waals surface area contributed by atoms with Crippen molar-refractivity contribution in [1.82, 2.24) is 9.78 Å². The Morgan fingerprint density at radius 2 is 2.07 bits per heavy atom. The number of aromatic nitrogens is 2. The molecular weight excluding hydrogens is 398 g/mol. The first-order chi connectivity index (χ1) is 14.6. The first-order valence-electron chi connectivity index (χ1n) is 9.60. The quantitative estimate of drug-likeness (QED) is 0.593. The van der Waals surface area contributed by atoms with Crippen LogP contribution in [0.4, 0.5) is 5.82 Å². The maximum absolute atomic E-state index is 12.5. The maximum Gasteiger partial charge on any atom is 0.235 e. The highest BCUT2D eigenvalue weighted by atomic mass is 32.2. The van der Waals surface area contributed by atoms with Crippen LogP contribution in [-0.4, -0.2) is 35.2 Å². The Hall–Kier alpha value is -3.19. The van der Waals surface area contributed by atoms with Crippen molar-refractivity contribution in [2.75, 3.05) is 24.8 Å². The number of hydrogen-bond acceptors (Lipinski definition) is 5. The highest BCUT2D eigenvalue weighted by molar-refractivity contribution is 8.00. The van der Waals surface area contributed by atoms with Gasteiger partial charge in [-0.3, -0.25) is 4.79 Å². The van der Waals surface area contributed by atoms with E-state index in [-0.39, 0.29) is 11.2 Å². The van der Waals surface area contributed by atoms with Gasteiger partial charge in [-0.05, 0) is 36.8 Å². The van der Waals surface area contributed by atoms with Gasteiger partial charge in [0.1, 0.15) is 12.4 Å². The monoisotopic (exact) mass is 421 g/mol. The van der Waals surface area contributed by atoms with E-state index in [0.717, 1.165) is 22.5 Å². The number of rotatable bonds is 6. The number of carbonyl (C=O) groups excluding carboxylic acids is 1. The van der Waals surface area contributed by atoms with E-state index >= 15 is 0 Å². The zero-order valence-corrected chi connectivity index (χ0v) is 17.7. The number of aryl methyl sites for hydroxylation is 1. The molecular formula is C23H23N3O3S. The van der Waals surface area contributed by atoms with Gasteiger partial charge in [0.2, 0.25) is 5.91 Å². The number of methoxy groups -OCH3 is 1. The van der Waals surface area contributed by atoms with Crippen molar-refractivity contribution in [3.63, 3.8) is 0 Å². The minimum Gasteiger partial charge on any atom is -0.493 e. The zero-order valence-electron chi connectivity index (χ0n) is 16.9. The van der Waals surface area contributed by atoms with Gasteiger partial charge in [0.25, 0.3) is 0 Å². The number of nitrogens with one attached hydrogen (secondary N) is 1. The van der Waals surface area contributed by atoms with E-state index in [0.29, 0.717) is 29.7 Å². The van der Waals surface area contributed by atoms with E-state index in [1.54, 1.807) is 29.6 Å². The molecule has 0 fully saturated rings. The van der Waals surface area contributed by atoms with Gasteiger partial charge in [-0.15, -0.1) is 11.8 Å². The predicted octanol–water partition coefficient (Wildman–Crippen LogP) is 4.53. The molecule has 30 heavy (non-hydrogen) atoms. The van der Waals surface area contributed by atoms with Crippen LogP contribution in [0.5, 0.6) is 11.5 Å². The Morgan fingerprint density at radius 1 is 1.27 bits per heavy atom. The molecule has 2 heterocycles. The Morgan fingerprint density at radius 3 is 2.80 bits per heavy atom. The number of hydrogen-bond donors (Lipinski definition) is 1. The number of fused-ring (bicyclic) bond motifs is 1. The number of para-hydroxylation sites is 1. The van der Waals surface area contributed by atoms with Crippen LogP contribution in [0.15, 0.2) is 61.2 Å². The SMILES string of the molecule is C=CCOc1ccc([C@@H]2SCC(=O)Nc3c2c(C)nn3-c2ccccc2)cc1OC. The van der Waals surface area contributed by atoms with Crippen molar-refractivity contribution in [1.29, 1.82) is 0 Å². The number of nitrogens with zero attached hydrogens (tertiary/aromatic N) is 2. The molecule has 0 bridgehead atoms. The molecule has 0 radical (unpaired) electrons. The first kappa shape index (κ1) is 20.1. The fraction of sp³-hybridized carbons (Fsp3) is 0.217. The second-order valence-electron chi connectivity index (χ2n) is 6.84. The van der Waals surface area contributed by atoms with Crippen molar-refractivity contribution in [3.05, 3.63) is 78.0 Å². The van der Waals surface area contributed by atoms with Crippen LogP contribution in [0, 0.1) is 6.92 Å². The third-order valence-corrected chi connectivity index (χ3v) is 6.13. The summed E-state index contributed by atoms with van der Waals surface area (Å²) in [6.45, 7) is 6.06. The second kappa shape index (κ2) is 8.67. The summed E-state index contributed by atoms with van der Waals surface area (Å²) in [4.78, 5) is 12.5. The molecule has 1 N–H and O–H groups in total. The molecule has 6 nitrogen and oxygen atoms in total. The average molecular weight is 422 g/mol. The van der Waals surface area contributed by atoms with Crippen molar-refractivity contribution < 1.29 is 14.3 Å². The van der Waals surface area contributed by atoms with Gasteiger partial charge >= 0.3 is 0 Å². The van der Waals surface area contributed by atoms with E-state index in [1.165, 1.54) is 0 Å². The third-order valence-electron chi connectivity index (χ3n) is 4.86. The summed E-state index contributed by atoms with van der Waals surface area (Å²) in [5, 5.41) is 7.72. The zero-order chi connectivity index (χ0) is 21.1. The lowest BCUT2D eigenvalue weighted by atomic mass is 10.0. The van der Waals surface area contributed by atoms with Gasteiger partial charge in [0.05, 0.1) is 29.5 Å². The van der Waals surface area contributed by atoms with Crippen LogP contribution in [0.3, 0.4) is 0 Å². The van der Waals surface area contributed by atoms with Gasteiger partial charge in [0.15, 0.2) is 11.5 Å². The largest absolute Gasteiger partial charge is 0.493 e. The molecule has 0 aliphatic carbocycles. The van der Waals surface area contributed by atoms with Gasteiger partial charge in [-0.2, -0.15) is 5.10 Å². The van der Waals surface area contributed by atoms with E-state index in [1.807, 2.05) is 55.5 Å². The van der Waals surface area contributed by atoms with Crippen LogP contribution in [0.25, 0.3) is 5.69 Å². The molecule has 1 aliphatic heterocycles. The number of anilines is 1. The van der Waals surface area contributed by atoms with E-state index in [9.17, 15) is 4.79 Å². The smallest absolute Gasteiger partial charge is 0.235 e. The molecule has 0 saturated carbocycles. The van der Waals surface area contributed by atoms with Crippen LogP contribution in [-0.2, 0) is 4.79 Å². The van der Waals surface area contributed by atoms with E-state index < -0.39 is 0 Å². The number of thioether (sulfide) groups is 1. The second-order valence-corrected chi connectivity index (χ2v) is 7.94. The third kappa shape index (κ3) is 3.80. The lowest BCUT2D eigenvalue weighted by Crippen LogP contribution is -2.15. The number of amides is 1. The van der Waals surface area contributed by atoms with Gasteiger partial charge in [-0.1, -0.05) is 36.9 Å². The van der Waals surface area contributed by atoms with Crippen molar-refractivity contribution in [2.45, 2.75) is 12.2 Å². The Bertz CT molecular complexity index is 1080. The van der Waals surface area contributed by atoms with Crippen LogP contribution >= 0.6 is 11.8 Å². The lowest BCUT2D eigenvalue weighted by molar-refractivity contribution is -0.113. The van der Waals surface area contributed by atoms with Crippen molar-refractivity contribution >= 4 is 23.5 Å². The number of benzene rings is 2. The number of ether oxygens (including phenoxy) is 2. The van der Waals surface area contributed by atoms with Crippen molar-refractivity contribution in [2.24, 2.45) is 0 Å². The van der Waals surface area contributed by atoms with Gasteiger partial charge in [-0.25, -0.2) is 4.68 Å². The molecule has 1 aliphatic rings. The molecule has 0 unspecified atom stereocenters. The number of carbonyl (C=O) groups is 1. The van der Waals surface area contributed by atoms with E-state index in [4.69, 9.17) is 14.6 Å². The van der Waals surface area contributed by atoms with Crippen LogP contribution in [0.2, 0.25) is 0 Å². The van der Waals surface area contributed by atoms with Gasteiger partial charge < -0.3 is 14.8 Å². The first-order valence-corrected chi connectivity index (χ1v) is 10.6. The molecule has 1 atom stereocenters. The molecule has 154 valence electrons. The molecule has 7 heteroatoms. The molecule has 1 aromatic heterocycles. The Kier molecular flexibility index (Phi) is 5.81. The van der Waals surface area contributed by atoms with Crippen molar-refractivity contribution in [3.8, 4) is 17.2 Å². The van der Waals surface area contributed by atoms with Gasteiger partial charge in [0, 0.05) is 5.56 Å². The molecule has 0 spiro atoms. The summed E-state index contributed by atoms with van der Waals surface area (Å²) in [5.74, 6) is 2.33. The summed E-state index contributed by atoms with van der Waals surface area (Å²) in [7, 11) is 1.62. The fourth-order valence-electron chi connectivity index (χ4n) is 3.52. The minimum absolute atomic E-state index is 0.0428. The van der Waals surface area contributed by atoms with Crippen LogP contribution < -0.4 is 14.8 Å². The summed E-state index contributed by atoms with van der Waals surface area (Å²) in [6, 6.07) is 15.7. The molecule has 2 aromatic carbocycles. The summed E-state index contributed by atoms with van der Waals surface area (Å²) < 4.78 is 13.0. The average Bonchev–Trinajstić information content (AvgIpc) is 2.98. The maximum atomic E-state index is 12.5. The lowest BCUT2D eigenvalue weighted by Gasteiger charge is -2.18. The summed E-state index contributed by atoms with van der Waals surface area (Å²) >= 11 is 1.58. The molecule has 3 aromatic rings. The predicted molar refractivity (Wildman–Crippen MR) is 120 cm³/mol. The van der Waals surface area contributed by atoms with E-state index in [2.05, 4.69) is 11.9 Å². The Balaban J connectivity index is 1.81. The summed E-state index contributed by atoms with van der Waals surface area (Å²) in [5.41, 5.74) is 3.80. The highest BCUT2D eigenvalue weighted by Gasteiger charge is 2.31. The normalized spacial score (nSPS) is 15.7.